The van der Waals surface area contributed by atoms with E-state index in [4.69, 9.17) is 23.7 Å². The van der Waals surface area contributed by atoms with E-state index in [-0.39, 0.29) is 23.4 Å². The van der Waals surface area contributed by atoms with Gasteiger partial charge in [-0.15, -0.1) is 6.58 Å². The smallest absolute Gasteiger partial charge is 0.187 e. The highest BCUT2D eigenvalue weighted by molar-refractivity contribution is 5.17. The van der Waals surface area contributed by atoms with Crippen molar-refractivity contribution in [3.05, 3.63) is 12.7 Å². The van der Waals surface area contributed by atoms with E-state index in [1.807, 2.05) is 6.92 Å². The van der Waals surface area contributed by atoms with E-state index in [1.165, 1.54) is 0 Å². The molecule has 0 unspecified atom stereocenters. The quantitative estimate of drug-likeness (QED) is 0.128. The van der Waals surface area contributed by atoms with Crippen molar-refractivity contribution in [1.29, 1.82) is 0 Å². The molecule has 3 heterocycles. The fourth-order valence-corrected chi connectivity index (χ4v) is 9.43. The second-order valence-corrected chi connectivity index (χ2v) is 15.2. The van der Waals surface area contributed by atoms with Gasteiger partial charge in [-0.25, -0.2) is 0 Å². The predicted molar refractivity (Wildman–Crippen MR) is 157 cm³/mol. The second kappa shape index (κ2) is 12.6. The van der Waals surface area contributed by atoms with E-state index < -0.39 is 97.3 Å². The van der Waals surface area contributed by atoms with Crippen molar-refractivity contribution >= 4 is 0 Å². The summed E-state index contributed by atoms with van der Waals surface area (Å²) in [6.07, 6.45) is -9.64. The molecule has 0 radical (unpaired) electrons. The van der Waals surface area contributed by atoms with Crippen molar-refractivity contribution in [2.45, 2.75) is 152 Å². The second-order valence-electron chi connectivity index (χ2n) is 15.2. The van der Waals surface area contributed by atoms with Crippen molar-refractivity contribution in [3.63, 3.8) is 0 Å². The van der Waals surface area contributed by atoms with Crippen LogP contribution in [0.25, 0.3) is 0 Å². The number of aliphatic hydroxyl groups excluding tert-OH is 8. The fourth-order valence-electron chi connectivity index (χ4n) is 9.43. The van der Waals surface area contributed by atoms with Gasteiger partial charge in [0, 0.05) is 0 Å². The Kier molecular flexibility index (Phi) is 9.94. The van der Waals surface area contributed by atoms with Gasteiger partial charge in [0.1, 0.15) is 54.4 Å². The molecule has 260 valence electrons. The van der Waals surface area contributed by atoms with Crippen molar-refractivity contribution in [1.82, 2.24) is 0 Å². The molecule has 2 saturated carbocycles. The highest BCUT2D eigenvalue weighted by Gasteiger charge is 2.66. The van der Waals surface area contributed by atoms with Crippen LogP contribution in [0.2, 0.25) is 0 Å². The Bertz CT molecular complexity index is 1060. The fraction of sp³-hybridized carbons (Fsp3) is 0.938. The van der Waals surface area contributed by atoms with Gasteiger partial charge >= 0.3 is 0 Å². The lowest BCUT2D eigenvalue weighted by Crippen LogP contribution is -2.69. The standard InChI is InChI=1S/C32H54O13/c1-7-31(5)20(44-28-26(40)24(38)22(36)16(14-34)42-28)12-18-30(4)10-9-19(29(2,3)17(30)8-11-32(18,6)45-31)43-27-25(39)23(37)21(35)15(13-33)41-27/h7,15-28,33-40H,1,8-14H2,2-6H3/t15-,16-,17-,18+,19-,20+,21-,22-,23+,24+,25-,26-,27+,28+,30-,31+,32+/m1/s1. The summed E-state index contributed by atoms with van der Waals surface area (Å²) in [6, 6.07) is 0. The van der Waals surface area contributed by atoms with Gasteiger partial charge < -0.3 is 64.5 Å². The van der Waals surface area contributed by atoms with Crippen LogP contribution < -0.4 is 0 Å². The van der Waals surface area contributed by atoms with E-state index in [1.54, 1.807) is 6.08 Å². The van der Waals surface area contributed by atoms with Crippen molar-refractivity contribution in [2.24, 2.45) is 22.7 Å². The Balaban J connectivity index is 1.38. The molecule has 0 aromatic carbocycles. The van der Waals surface area contributed by atoms with Crippen LogP contribution in [-0.2, 0) is 23.7 Å². The lowest BCUT2D eigenvalue weighted by atomic mass is 9.43. The van der Waals surface area contributed by atoms with Crippen LogP contribution in [0.5, 0.6) is 0 Å². The van der Waals surface area contributed by atoms with Gasteiger partial charge in [0.25, 0.3) is 0 Å². The molecule has 2 aliphatic carbocycles. The van der Waals surface area contributed by atoms with E-state index >= 15 is 0 Å². The summed E-state index contributed by atoms with van der Waals surface area (Å²) in [7, 11) is 0. The van der Waals surface area contributed by atoms with Gasteiger partial charge in [-0.3, -0.25) is 0 Å². The molecule has 17 atom stereocenters. The molecule has 0 aromatic heterocycles. The summed E-state index contributed by atoms with van der Waals surface area (Å²) in [4.78, 5) is 0. The van der Waals surface area contributed by atoms with Gasteiger partial charge in [-0.05, 0) is 68.6 Å². The first-order chi connectivity index (χ1) is 21.0. The summed E-state index contributed by atoms with van der Waals surface area (Å²) in [5.41, 5.74) is -2.18. The third-order valence-electron chi connectivity index (χ3n) is 12.2. The molecule has 0 amide bonds. The van der Waals surface area contributed by atoms with Crippen LogP contribution in [0.4, 0.5) is 0 Å². The number of hydrogen-bond acceptors (Lipinski definition) is 13. The van der Waals surface area contributed by atoms with Crippen LogP contribution in [-0.4, -0.2) is 139 Å². The lowest BCUT2D eigenvalue weighted by molar-refractivity contribution is -0.356. The number of rotatable bonds is 7. The summed E-state index contributed by atoms with van der Waals surface area (Å²) >= 11 is 0. The summed E-state index contributed by atoms with van der Waals surface area (Å²) < 4.78 is 31.0. The largest absolute Gasteiger partial charge is 0.394 e. The zero-order valence-corrected chi connectivity index (χ0v) is 26.9. The minimum Gasteiger partial charge on any atom is -0.394 e. The van der Waals surface area contributed by atoms with Gasteiger partial charge in [-0.2, -0.15) is 0 Å². The maximum absolute atomic E-state index is 10.7. The van der Waals surface area contributed by atoms with Crippen LogP contribution in [0.3, 0.4) is 0 Å². The first-order valence-corrected chi connectivity index (χ1v) is 16.2. The Morgan fingerprint density at radius 2 is 1.20 bits per heavy atom. The average Bonchev–Trinajstić information content (AvgIpc) is 2.99. The minimum atomic E-state index is -1.57. The highest BCUT2D eigenvalue weighted by Crippen LogP contribution is 2.66. The topological polar surface area (TPSA) is 208 Å². The van der Waals surface area contributed by atoms with Crippen LogP contribution in [0.15, 0.2) is 12.7 Å². The molecule has 0 bridgehead atoms. The molecular formula is C32H54O13. The first kappa shape index (κ1) is 35.5. The molecular weight excluding hydrogens is 592 g/mol. The summed E-state index contributed by atoms with van der Waals surface area (Å²) in [6.45, 7) is 13.4. The molecule has 13 heteroatoms. The molecule has 0 spiro atoms. The molecule has 13 nitrogen and oxygen atoms in total. The first-order valence-electron chi connectivity index (χ1n) is 16.2. The van der Waals surface area contributed by atoms with E-state index in [0.717, 1.165) is 19.3 Å². The Morgan fingerprint density at radius 1 is 0.689 bits per heavy atom. The lowest BCUT2D eigenvalue weighted by Gasteiger charge is -2.67. The Hall–Kier alpha value is -0.780. The predicted octanol–water partition coefficient (Wildman–Crippen LogP) is -0.667. The van der Waals surface area contributed by atoms with Crippen LogP contribution >= 0.6 is 0 Å². The third kappa shape index (κ3) is 5.83. The summed E-state index contributed by atoms with van der Waals surface area (Å²) in [5.74, 6) is 0.121. The maximum atomic E-state index is 10.7. The van der Waals surface area contributed by atoms with E-state index in [2.05, 4.69) is 34.3 Å². The molecule has 0 aromatic rings. The molecule has 3 saturated heterocycles. The minimum absolute atomic E-state index is 0.0147. The average molecular weight is 647 g/mol. The monoisotopic (exact) mass is 646 g/mol. The van der Waals surface area contributed by atoms with Crippen molar-refractivity contribution < 1.29 is 64.5 Å². The SMILES string of the molecule is C=C[C@]1(C)O[C@@]2(C)CC[C@@H]3C(C)(C)[C@H](O[C@@H]4O[C@H](CO)[C@@H](O)[C@H](O)[C@H]4O)CC[C@@]3(C)[C@@H]2C[C@@H]1O[C@@H]1O[C@H](CO)[C@@H](O)[C@H](O)[C@H]1O. The number of fused-ring (bicyclic) bond motifs is 3. The summed E-state index contributed by atoms with van der Waals surface area (Å²) in [5, 5.41) is 81.9. The van der Waals surface area contributed by atoms with E-state index in [9.17, 15) is 40.9 Å². The van der Waals surface area contributed by atoms with Crippen molar-refractivity contribution in [3.8, 4) is 0 Å². The third-order valence-corrected chi connectivity index (χ3v) is 12.2. The molecule has 45 heavy (non-hydrogen) atoms. The molecule has 8 N–H and O–H groups in total. The van der Waals surface area contributed by atoms with Crippen molar-refractivity contribution in [2.75, 3.05) is 13.2 Å². The zero-order chi connectivity index (χ0) is 33.3. The molecule has 3 aliphatic heterocycles. The number of hydrogen-bond donors (Lipinski definition) is 8. The Morgan fingerprint density at radius 3 is 1.69 bits per heavy atom. The number of ether oxygens (including phenoxy) is 5. The number of aliphatic hydroxyl groups is 8. The maximum Gasteiger partial charge on any atom is 0.187 e. The van der Waals surface area contributed by atoms with Gasteiger partial charge in [0.05, 0.1) is 31.0 Å². The van der Waals surface area contributed by atoms with E-state index in [0.29, 0.717) is 12.8 Å². The van der Waals surface area contributed by atoms with Crippen LogP contribution in [0.1, 0.15) is 66.7 Å². The molecule has 5 aliphatic rings. The van der Waals surface area contributed by atoms with Gasteiger partial charge in [0.2, 0.25) is 0 Å². The Labute approximate surface area is 264 Å². The van der Waals surface area contributed by atoms with Gasteiger partial charge in [-0.1, -0.05) is 26.8 Å². The molecule has 5 rings (SSSR count). The highest BCUT2D eigenvalue weighted by atomic mass is 16.7. The normalized spacial score (nSPS) is 55.0. The van der Waals surface area contributed by atoms with Gasteiger partial charge in [0.15, 0.2) is 12.6 Å². The molecule has 5 fully saturated rings. The zero-order valence-electron chi connectivity index (χ0n) is 26.9. The van der Waals surface area contributed by atoms with Crippen LogP contribution in [0, 0.1) is 22.7 Å².